The van der Waals surface area contributed by atoms with E-state index in [1.807, 2.05) is 55.7 Å². The Labute approximate surface area is 151 Å². The number of aryl methyl sites for hydroxylation is 2. The van der Waals surface area contributed by atoms with Crippen LogP contribution in [0.1, 0.15) is 28.4 Å². The third-order valence-electron chi connectivity index (χ3n) is 4.23. The fourth-order valence-corrected chi connectivity index (χ4v) is 2.74. The van der Waals surface area contributed by atoms with Crippen LogP contribution in [0.25, 0.3) is 23.0 Å². The molecular formula is C20H17N5O. The average Bonchev–Trinajstić information content (AvgIpc) is 3.21. The SMILES string of the molecule is Cc1ccc(-c2noc(/C(C#N)=C\c3cc(C)n(CC#N)c3C)n2)cc1. The molecule has 0 saturated heterocycles. The van der Waals surface area contributed by atoms with E-state index in [0.717, 1.165) is 28.1 Å². The molecule has 0 atom stereocenters. The van der Waals surface area contributed by atoms with E-state index in [1.54, 1.807) is 6.08 Å². The maximum atomic E-state index is 9.52. The monoisotopic (exact) mass is 343 g/mol. The third-order valence-corrected chi connectivity index (χ3v) is 4.23. The first-order valence-corrected chi connectivity index (χ1v) is 8.10. The highest BCUT2D eigenvalue weighted by Crippen LogP contribution is 2.24. The Morgan fingerprint density at radius 3 is 2.58 bits per heavy atom. The summed E-state index contributed by atoms with van der Waals surface area (Å²) in [4.78, 5) is 4.35. The lowest BCUT2D eigenvalue weighted by atomic mass is 10.1. The van der Waals surface area contributed by atoms with Crippen molar-refractivity contribution in [2.75, 3.05) is 0 Å². The van der Waals surface area contributed by atoms with E-state index in [0.29, 0.717) is 5.82 Å². The van der Waals surface area contributed by atoms with Crippen molar-refractivity contribution in [3.63, 3.8) is 0 Å². The van der Waals surface area contributed by atoms with Gasteiger partial charge >= 0.3 is 0 Å². The van der Waals surface area contributed by atoms with E-state index in [1.165, 1.54) is 0 Å². The summed E-state index contributed by atoms with van der Waals surface area (Å²) in [6.07, 6.45) is 1.71. The second-order valence-corrected chi connectivity index (χ2v) is 6.03. The number of aromatic nitrogens is 3. The maximum Gasteiger partial charge on any atom is 0.268 e. The van der Waals surface area contributed by atoms with E-state index in [9.17, 15) is 5.26 Å². The van der Waals surface area contributed by atoms with Crippen LogP contribution in [0.5, 0.6) is 0 Å². The smallest absolute Gasteiger partial charge is 0.268 e. The zero-order chi connectivity index (χ0) is 18.7. The number of rotatable bonds is 4. The van der Waals surface area contributed by atoms with Crippen LogP contribution >= 0.6 is 0 Å². The minimum atomic E-state index is 0.174. The molecule has 1 aromatic carbocycles. The van der Waals surface area contributed by atoms with Crippen molar-refractivity contribution in [2.45, 2.75) is 27.3 Å². The molecule has 6 heteroatoms. The summed E-state index contributed by atoms with van der Waals surface area (Å²) >= 11 is 0. The van der Waals surface area contributed by atoms with Crippen LogP contribution in [-0.2, 0) is 6.54 Å². The Kier molecular flexibility index (Phi) is 4.68. The van der Waals surface area contributed by atoms with Gasteiger partial charge in [-0.2, -0.15) is 15.5 Å². The second-order valence-electron chi connectivity index (χ2n) is 6.03. The van der Waals surface area contributed by atoms with Gasteiger partial charge in [-0.15, -0.1) is 0 Å². The average molecular weight is 343 g/mol. The molecule has 0 aliphatic carbocycles. The highest BCUT2D eigenvalue weighted by Gasteiger charge is 2.15. The molecule has 3 aromatic rings. The molecule has 0 fully saturated rings. The van der Waals surface area contributed by atoms with Gasteiger partial charge in [0.25, 0.3) is 5.89 Å². The van der Waals surface area contributed by atoms with Crippen LogP contribution in [0.3, 0.4) is 0 Å². The van der Waals surface area contributed by atoms with Gasteiger partial charge in [-0.25, -0.2) is 0 Å². The Hall–Kier alpha value is -3.64. The first-order valence-electron chi connectivity index (χ1n) is 8.10. The zero-order valence-electron chi connectivity index (χ0n) is 14.8. The number of allylic oxidation sites excluding steroid dienone is 1. The Balaban J connectivity index is 1.97. The van der Waals surface area contributed by atoms with E-state index >= 15 is 0 Å². The van der Waals surface area contributed by atoms with Gasteiger partial charge in [0.15, 0.2) is 0 Å². The van der Waals surface area contributed by atoms with E-state index in [4.69, 9.17) is 9.78 Å². The minimum Gasteiger partial charge on any atom is -0.335 e. The molecule has 2 aromatic heterocycles. The molecule has 0 radical (unpaired) electrons. The second kappa shape index (κ2) is 7.08. The van der Waals surface area contributed by atoms with Crippen LogP contribution in [-0.4, -0.2) is 14.7 Å². The topological polar surface area (TPSA) is 91.4 Å². The molecule has 0 aliphatic heterocycles. The van der Waals surface area contributed by atoms with Gasteiger partial charge in [0.1, 0.15) is 18.2 Å². The van der Waals surface area contributed by atoms with Crippen LogP contribution in [0, 0.1) is 43.4 Å². The van der Waals surface area contributed by atoms with Crippen molar-refractivity contribution < 1.29 is 4.52 Å². The first-order chi connectivity index (χ1) is 12.5. The van der Waals surface area contributed by atoms with Gasteiger partial charge in [0.2, 0.25) is 5.82 Å². The molecule has 0 saturated carbocycles. The predicted octanol–water partition coefficient (Wildman–Crippen LogP) is 4.05. The van der Waals surface area contributed by atoms with Crippen LogP contribution in [0.15, 0.2) is 34.9 Å². The van der Waals surface area contributed by atoms with Crippen LogP contribution in [0.4, 0.5) is 0 Å². The first kappa shape index (κ1) is 17.2. The van der Waals surface area contributed by atoms with Crippen molar-refractivity contribution in [3.8, 4) is 23.5 Å². The van der Waals surface area contributed by atoms with Crippen molar-refractivity contribution in [2.24, 2.45) is 0 Å². The lowest BCUT2D eigenvalue weighted by Crippen LogP contribution is -2.00. The molecule has 0 spiro atoms. The summed E-state index contributed by atoms with van der Waals surface area (Å²) < 4.78 is 7.18. The fraction of sp³-hybridized carbons (Fsp3) is 0.200. The van der Waals surface area contributed by atoms with Crippen LogP contribution in [0.2, 0.25) is 0 Å². The fourth-order valence-electron chi connectivity index (χ4n) is 2.74. The molecule has 2 heterocycles. The van der Waals surface area contributed by atoms with Crippen LogP contribution < -0.4 is 0 Å². The molecule has 26 heavy (non-hydrogen) atoms. The molecular weight excluding hydrogens is 326 g/mol. The normalized spacial score (nSPS) is 11.2. The lowest BCUT2D eigenvalue weighted by Gasteiger charge is -2.02. The van der Waals surface area contributed by atoms with Gasteiger partial charge in [-0.05, 0) is 38.5 Å². The number of benzene rings is 1. The molecule has 0 bridgehead atoms. The molecule has 3 rings (SSSR count). The van der Waals surface area contributed by atoms with E-state index in [2.05, 4.69) is 22.3 Å². The number of nitrogens with zero attached hydrogens (tertiary/aromatic N) is 5. The summed E-state index contributed by atoms with van der Waals surface area (Å²) in [5, 5.41) is 22.4. The number of hydrogen-bond acceptors (Lipinski definition) is 5. The minimum absolute atomic E-state index is 0.174. The van der Waals surface area contributed by atoms with E-state index in [-0.39, 0.29) is 18.0 Å². The van der Waals surface area contributed by atoms with Gasteiger partial charge in [0, 0.05) is 17.0 Å². The molecule has 0 N–H and O–H groups in total. The van der Waals surface area contributed by atoms with Gasteiger partial charge < -0.3 is 9.09 Å². The standard InChI is InChI=1S/C20H17N5O/c1-13-4-6-16(7-5-13)19-23-20(26-24-19)18(12-22)11-17-10-14(2)25(9-8-21)15(17)3/h4-7,10-11H,9H2,1-3H3/b18-11-. The number of hydrogen-bond donors (Lipinski definition) is 0. The van der Waals surface area contributed by atoms with Crippen molar-refractivity contribution in [3.05, 3.63) is 58.7 Å². The van der Waals surface area contributed by atoms with Crippen molar-refractivity contribution in [1.82, 2.24) is 14.7 Å². The summed E-state index contributed by atoms with van der Waals surface area (Å²) in [6, 6.07) is 14.0. The highest BCUT2D eigenvalue weighted by atomic mass is 16.5. The van der Waals surface area contributed by atoms with Crippen molar-refractivity contribution in [1.29, 1.82) is 10.5 Å². The summed E-state index contributed by atoms with van der Waals surface area (Å²) in [5.41, 5.74) is 4.98. The molecule has 6 nitrogen and oxygen atoms in total. The molecule has 0 amide bonds. The quantitative estimate of drug-likeness (QED) is 0.666. The van der Waals surface area contributed by atoms with E-state index < -0.39 is 0 Å². The molecule has 0 unspecified atom stereocenters. The maximum absolute atomic E-state index is 9.52. The number of nitriles is 2. The summed E-state index contributed by atoms with van der Waals surface area (Å²) in [5.74, 6) is 0.615. The van der Waals surface area contributed by atoms with Gasteiger partial charge in [-0.1, -0.05) is 35.0 Å². The third kappa shape index (κ3) is 3.26. The van der Waals surface area contributed by atoms with Gasteiger partial charge in [-0.3, -0.25) is 0 Å². The zero-order valence-corrected chi connectivity index (χ0v) is 14.8. The molecule has 0 aliphatic rings. The predicted molar refractivity (Wildman–Crippen MR) is 97.5 cm³/mol. The summed E-state index contributed by atoms with van der Waals surface area (Å²) in [6.45, 7) is 6.11. The van der Waals surface area contributed by atoms with Crippen molar-refractivity contribution >= 4 is 11.6 Å². The Morgan fingerprint density at radius 1 is 1.19 bits per heavy atom. The van der Waals surface area contributed by atoms with Gasteiger partial charge in [0.05, 0.1) is 6.07 Å². The Bertz CT molecular complexity index is 1060. The molecule has 128 valence electrons. The highest BCUT2D eigenvalue weighted by molar-refractivity contribution is 5.87. The largest absolute Gasteiger partial charge is 0.335 e. The summed E-state index contributed by atoms with van der Waals surface area (Å²) in [7, 11) is 0. The Morgan fingerprint density at radius 2 is 1.92 bits per heavy atom. The lowest BCUT2D eigenvalue weighted by molar-refractivity contribution is 0.409.